The molecule has 0 spiro atoms. The number of hydrogen-bond donors (Lipinski definition) is 1. The molecule has 1 heterocycles. The molecule has 2 aromatic carbocycles. The Morgan fingerprint density at radius 2 is 1.75 bits per heavy atom. The first-order valence-electron chi connectivity index (χ1n) is 9.08. The van der Waals surface area contributed by atoms with Crippen molar-refractivity contribution in [2.75, 3.05) is 19.3 Å². The van der Waals surface area contributed by atoms with Gasteiger partial charge in [-0.25, -0.2) is 9.82 Å². The van der Waals surface area contributed by atoms with Crippen LogP contribution in [0.15, 0.2) is 58.5 Å². The number of hydrazone groups is 1. The summed E-state index contributed by atoms with van der Waals surface area (Å²) in [5.41, 5.74) is 3.97. The van der Waals surface area contributed by atoms with E-state index in [1.807, 2.05) is 30.5 Å². The molecule has 0 saturated carbocycles. The van der Waals surface area contributed by atoms with Crippen molar-refractivity contribution in [1.82, 2.24) is 10.3 Å². The van der Waals surface area contributed by atoms with Gasteiger partial charge in [0.2, 0.25) is 5.91 Å². The number of hydrogen-bond acceptors (Lipinski definition) is 4. The third-order valence-corrected chi connectivity index (χ3v) is 5.49. The molecule has 1 fully saturated rings. The van der Waals surface area contributed by atoms with Crippen molar-refractivity contribution in [1.29, 1.82) is 0 Å². The van der Waals surface area contributed by atoms with Gasteiger partial charge in [-0.2, -0.15) is 5.10 Å². The highest BCUT2D eigenvalue weighted by molar-refractivity contribution is 7.98. The predicted octanol–water partition coefficient (Wildman–Crippen LogP) is 3.55. The largest absolute Gasteiger partial charge is 0.339 e. The van der Waals surface area contributed by atoms with Crippen LogP contribution in [0.25, 0.3) is 0 Å². The number of rotatable bonds is 5. The molecule has 1 saturated heterocycles. The first kappa shape index (κ1) is 20.1. The van der Waals surface area contributed by atoms with Gasteiger partial charge in [-0.15, -0.1) is 11.8 Å². The van der Waals surface area contributed by atoms with E-state index in [2.05, 4.69) is 10.5 Å². The van der Waals surface area contributed by atoms with Crippen LogP contribution in [-0.4, -0.2) is 42.3 Å². The fourth-order valence-corrected chi connectivity index (χ4v) is 3.48. The summed E-state index contributed by atoms with van der Waals surface area (Å²) in [6, 6.07) is 13.4. The van der Waals surface area contributed by atoms with E-state index in [0.717, 1.165) is 5.56 Å². The number of carbonyl (C=O) groups is 2. The number of thioether (sulfide) groups is 1. The fraction of sp³-hybridized carbons (Fsp3) is 0.286. The monoisotopic (exact) mass is 399 g/mol. The molecule has 2 aromatic rings. The van der Waals surface area contributed by atoms with Crippen LogP contribution in [0.5, 0.6) is 0 Å². The molecule has 2 amide bonds. The molecule has 0 atom stereocenters. The molecular weight excluding hydrogens is 377 g/mol. The Kier molecular flexibility index (Phi) is 6.81. The smallest absolute Gasteiger partial charge is 0.253 e. The Morgan fingerprint density at radius 3 is 2.36 bits per heavy atom. The van der Waals surface area contributed by atoms with Crippen molar-refractivity contribution >= 4 is 29.8 Å². The Morgan fingerprint density at radius 1 is 1.11 bits per heavy atom. The lowest BCUT2D eigenvalue weighted by Gasteiger charge is -2.31. The molecule has 0 bridgehead atoms. The summed E-state index contributed by atoms with van der Waals surface area (Å²) >= 11 is 1.67. The van der Waals surface area contributed by atoms with Gasteiger partial charge >= 0.3 is 0 Å². The van der Waals surface area contributed by atoms with Gasteiger partial charge in [-0.1, -0.05) is 12.1 Å². The van der Waals surface area contributed by atoms with Crippen LogP contribution < -0.4 is 5.43 Å². The van der Waals surface area contributed by atoms with Crippen molar-refractivity contribution < 1.29 is 14.0 Å². The predicted molar refractivity (Wildman–Crippen MR) is 109 cm³/mol. The van der Waals surface area contributed by atoms with E-state index in [-0.39, 0.29) is 23.5 Å². The highest BCUT2D eigenvalue weighted by Crippen LogP contribution is 2.19. The number of likely N-dealkylation sites (tertiary alicyclic amines) is 1. The van der Waals surface area contributed by atoms with E-state index in [1.54, 1.807) is 22.9 Å². The Balaban J connectivity index is 1.47. The highest BCUT2D eigenvalue weighted by Gasteiger charge is 2.27. The van der Waals surface area contributed by atoms with Gasteiger partial charge in [0.1, 0.15) is 5.82 Å². The Labute approximate surface area is 168 Å². The van der Waals surface area contributed by atoms with Crippen molar-refractivity contribution in [2.24, 2.45) is 11.0 Å². The number of amides is 2. The zero-order valence-corrected chi connectivity index (χ0v) is 16.4. The quantitative estimate of drug-likeness (QED) is 0.475. The molecule has 0 aromatic heterocycles. The van der Waals surface area contributed by atoms with Crippen LogP contribution in [0.1, 0.15) is 28.8 Å². The average molecular weight is 399 g/mol. The van der Waals surface area contributed by atoms with E-state index >= 15 is 0 Å². The maximum absolute atomic E-state index is 13.0. The molecule has 0 unspecified atom stereocenters. The van der Waals surface area contributed by atoms with Gasteiger partial charge in [0.15, 0.2) is 0 Å². The summed E-state index contributed by atoms with van der Waals surface area (Å²) in [5.74, 6) is -0.808. The van der Waals surface area contributed by atoms with Crippen molar-refractivity contribution in [3.63, 3.8) is 0 Å². The van der Waals surface area contributed by atoms with Crippen molar-refractivity contribution in [2.45, 2.75) is 17.7 Å². The zero-order chi connectivity index (χ0) is 19.9. The molecule has 0 radical (unpaired) electrons. The minimum atomic E-state index is -0.368. The molecule has 1 N–H and O–H groups in total. The molecule has 3 rings (SSSR count). The average Bonchev–Trinajstić information content (AvgIpc) is 2.74. The van der Waals surface area contributed by atoms with Crippen molar-refractivity contribution in [3.8, 4) is 0 Å². The maximum Gasteiger partial charge on any atom is 0.253 e. The summed E-state index contributed by atoms with van der Waals surface area (Å²) in [4.78, 5) is 27.6. The summed E-state index contributed by atoms with van der Waals surface area (Å²) < 4.78 is 13.0. The Hall–Kier alpha value is -2.67. The number of nitrogens with one attached hydrogen (secondary N) is 1. The molecule has 1 aliphatic rings. The summed E-state index contributed by atoms with van der Waals surface area (Å²) in [6.45, 7) is 0.988. The number of carbonyl (C=O) groups excluding carboxylic acids is 2. The zero-order valence-electron chi connectivity index (χ0n) is 15.6. The Bertz CT molecular complexity index is 845. The molecule has 5 nitrogen and oxygen atoms in total. The van der Waals surface area contributed by atoms with Crippen LogP contribution in [0.2, 0.25) is 0 Å². The molecule has 1 aliphatic heterocycles. The number of piperidine rings is 1. The second-order valence-electron chi connectivity index (χ2n) is 6.58. The first-order valence-corrected chi connectivity index (χ1v) is 10.3. The van der Waals surface area contributed by atoms with Crippen molar-refractivity contribution in [3.05, 3.63) is 65.5 Å². The topological polar surface area (TPSA) is 61.8 Å². The van der Waals surface area contributed by atoms with E-state index in [0.29, 0.717) is 31.5 Å². The van der Waals surface area contributed by atoms with Gasteiger partial charge in [-0.05, 0) is 61.1 Å². The third kappa shape index (κ3) is 5.19. The lowest BCUT2D eigenvalue weighted by Crippen LogP contribution is -2.42. The van der Waals surface area contributed by atoms with E-state index in [9.17, 15) is 14.0 Å². The van der Waals surface area contributed by atoms with E-state index in [4.69, 9.17) is 0 Å². The van der Waals surface area contributed by atoms with Crippen LogP contribution in [0.4, 0.5) is 4.39 Å². The normalized spacial score (nSPS) is 15.0. The summed E-state index contributed by atoms with van der Waals surface area (Å²) in [5, 5.41) is 4.03. The molecule has 28 heavy (non-hydrogen) atoms. The second kappa shape index (κ2) is 9.50. The van der Waals surface area contributed by atoms with Crippen LogP contribution in [-0.2, 0) is 4.79 Å². The van der Waals surface area contributed by atoms with Crippen LogP contribution in [0, 0.1) is 11.7 Å². The summed E-state index contributed by atoms with van der Waals surface area (Å²) in [6.07, 6.45) is 4.80. The first-order chi connectivity index (χ1) is 13.6. The van der Waals surface area contributed by atoms with Gasteiger partial charge < -0.3 is 4.90 Å². The standard InChI is InChI=1S/C21H22FN3O2S/c1-28-19-8-2-15(3-9-19)14-23-24-20(26)16-10-12-25(13-11-16)21(27)17-4-6-18(22)7-5-17/h2-9,14,16H,10-13H2,1H3,(H,24,26)/b23-14-. The number of halogens is 1. The minimum absolute atomic E-state index is 0.133. The lowest BCUT2D eigenvalue weighted by atomic mass is 9.95. The minimum Gasteiger partial charge on any atom is -0.339 e. The fourth-order valence-electron chi connectivity index (χ4n) is 3.07. The second-order valence-corrected chi connectivity index (χ2v) is 7.46. The van der Waals surface area contributed by atoms with Gasteiger partial charge in [0.25, 0.3) is 5.91 Å². The van der Waals surface area contributed by atoms with Crippen LogP contribution >= 0.6 is 11.8 Å². The number of nitrogens with zero attached hydrogens (tertiary/aromatic N) is 2. The highest BCUT2D eigenvalue weighted by atomic mass is 32.2. The van der Waals surface area contributed by atoms with Gasteiger partial charge in [0, 0.05) is 29.5 Å². The van der Waals surface area contributed by atoms with Gasteiger partial charge in [0.05, 0.1) is 6.21 Å². The SMILES string of the molecule is CSc1ccc(/C=N\NC(=O)C2CCN(C(=O)c3ccc(F)cc3)CC2)cc1. The van der Waals surface area contributed by atoms with Crippen LogP contribution in [0.3, 0.4) is 0 Å². The molecule has 146 valence electrons. The molecular formula is C21H22FN3O2S. The van der Waals surface area contributed by atoms with E-state index < -0.39 is 0 Å². The van der Waals surface area contributed by atoms with Gasteiger partial charge in [-0.3, -0.25) is 9.59 Å². The number of benzene rings is 2. The maximum atomic E-state index is 13.0. The molecule has 7 heteroatoms. The lowest BCUT2D eigenvalue weighted by molar-refractivity contribution is -0.126. The summed E-state index contributed by atoms with van der Waals surface area (Å²) in [7, 11) is 0. The molecule has 0 aliphatic carbocycles. The van der Waals surface area contributed by atoms with E-state index in [1.165, 1.54) is 29.2 Å². The third-order valence-electron chi connectivity index (χ3n) is 4.75.